The van der Waals surface area contributed by atoms with E-state index in [1.807, 2.05) is 13.0 Å². The third-order valence-corrected chi connectivity index (χ3v) is 5.12. The summed E-state index contributed by atoms with van der Waals surface area (Å²) in [5, 5.41) is 0. The first-order chi connectivity index (χ1) is 11.3. The summed E-state index contributed by atoms with van der Waals surface area (Å²) in [4.78, 5) is 19.6. The molecule has 2 aromatic rings. The van der Waals surface area contributed by atoms with E-state index in [0.717, 1.165) is 24.6 Å². The molecule has 0 N–H and O–H groups in total. The van der Waals surface area contributed by atoms with Gasteiger partial charge in [-0.3, -0.25) is 0 Å². The van der Waals surface area contributed by atoms with E-state index in [1.165, 1.54) is 19.3 Å². The minimum absolute atomic E-state index is 0.174. The molecule has 2 aromatic heterocycles. The van der Waals surface area contributed by atoms with Crippen LogP contribution in [-0.2, 0) is 0 Å². The summed E-state index contributed by atoms with van der Waals surface area (Å²) in [6, 6.07) is 2.33. The molecule has 2 atom stereocenters. The zero-order valence-electron chi connectivity index (χ0n) is 13.4. The Labute approximate surface area is 136 Å². The first kappa shape index (κ1) is 14.4. The van der Waals surface area contributed by atoms with Crippen molar-refractivity contribution in [2.75, 3.05) is 24.6 Å². The van der Waals surface area contributed by atoms with Gasteiger partial charge >= 0.3 is 6.01 Å². The lowest BCUT2D eigenvalue weighted by Crippen LogP contribution is -2.34. The Morgan fingerprint density at radius 2 is 2.00 bits per heavy atom. The largest absolute Gasteiger partial charge is 0.463 e. The predicted molar refractivity (Wildman–Crippen MR) is 86.3 cm³/mol. The van der Waals surface area contributed by atoms with Crippen molar-refractivity contribution in [3.05, 3.63) is 36.4 Å². The zero-order chi connectivity index (χ0) is 15.7. The average Bonchev–Trinajstić information content (AvgIpc) is 3.12. The Morgan fingerprint density at radius 3 is 2.78 bits per heavy atom. The molecule has 4 rings (SSSR count). The van der Waals surface area contributed by atoms with Crippen LogP contribution in [0.1, 0.15) is 24.8 Å². The number of hydrogen-bond acceptors (Lipinski definition) is 6. The summed E-state index contributed by atoms with van der Waals surface area (Å²) < 4.78 is 5.94. The summed E-state index contributed by atoms with van der Waals surface area (Å²) in [7, 11) is 0. The van der Waals surface area contributed by atoms with Crippen molar-refractivity contribution in [2.45, 2.75) is 26.2 Å². The molecule has 2 aliphatic rings. The molecule has 3 heterocycles. The number of hydrogen-bond donors (Lipinski definition) is 0. The second-order valence-corrected chi connectivity index (χ2v) is 6.71. The summed E-state index contributed by atoms with van der Waals surface area (Å²) in [6.07, 6.45) is 10.9. The van der Waals surface area contributed by atoms with E-state index in [9.17, 15) is 0 Å². The van der Waals surface area contributed by atoms with Crippen LogP contribution in [-0.4, -0.2) is 39.6 Å². The van der Waals surface area contributed by atoms with Crippen LogP contribution in [0.4, 0.5) is 5.95 Å². The van der Waals surface area contributed by atoms with E-state index in [4.69, 9.17) is 4.74 Å². The molecule has 1 saturated carbocycles. The van der Waals surface area contributed by atoms with Crippen LogP contribution in [0, 0.1) is 18.3 Å². The van der Waals surface area contributed by atoms with Crippen molar-refractivity contribution in [1.29, 1.82) is 0 Å². The minimum atomic E-state index is 0.174. The summed E-state index contributed by atoms with van der Waals surface area (Å²) >= 11 is 0. The molecule has 0 aromatic carbocycles. The number of rotatable bonds is 4. The SMILES string of the molecule is Cc1cnc(OCC23CCCC2CN(c2ncccn2)C3)nc1. The van der Waals surface area contributed by atoms with Crippen molar-refractivity contribution in [3.8, 4) is 6.01 Å². The van der Waals surface area contributed by atoms with Gasteiger partial charge in [0.1, 0.15) is 0 Å². The number of aryl methyl sites for hydroxylation is 1. The molecule has 23 heavy (non-hydrogen) atoms. The van der Waals surface area contributed by atoms with Gasteiger partial charge in [-0.05, 0) is 37.3 Å². The fraction of sp³-hybridized carbons (Fsp3) is 0.529. The van der Waals surface area contributed by atoms with Crippen LogP contribution < -0.4 is 9.64 Å². The molecule has 1 aliphatic heterocycles. The van der Waals surface area contributed by atoms with E-state index < -0.39 is 0 Å². The highest BCUT2D eigenvalue weighted by molar-refractivity contribution is 5.33. The van der Waals surface area contributed by atoms with Crippen LogP contribution in [0.25, 0.3) is 0 Å². The van der Waals surface area contributed by atoms with Crippen molar-refractivity contribution in [2.24, 2.45) is 11.3 Å². The van der Waals surface area contributed by atoms with Crippen LogP contribution in [0.15, 0.2) is 30.9 Å². The lowest BCUT2D eigenvalue weighted by atomic mass is 9.82. The molecule has 6 heteroatoms. The Balaban J connectivity index is 1.48. The van der Waals surface area contributed by atoms with Gasteiger partial charge in [0.2, 0.25) is 5.95 Å². The Hall–Kier alpha value is -2.24. The van der Waals surface area contributed by atoms with Gasteiger partial charge in [-0.15, -0.1) is 0 Å². The molecular weight excluding hydrogens is 290 g/mol. The summed E-state index contributed by atoms with van der Waals surface area (Å²) in [6.45, 7) is 4.61. The molecule has 6 nitrogen and oxygen atoms in total. The third-order valence-electron chi connectivity index (χ3n) is 5.12. The number of ether oxygens (including phenoxy) is 1. The predicted octanol–water partition coefficient (Wildman–Crippen LogP) is 2.26. The minimum Gasteiger partial charge on any atom is -0.463 e. The van der Waals surface area contributed by atoms with E-state index in [-0.39, 0.29) is 5.41 Å². The van der Waals surface area contributed by atoms with Crippen molar-refractivity contribution in [3.63, 3.8) is 0 Å². The molecular formula is C17H21N5O. The van der Waals surface area contributed by atoms with Crippen LogP contribution >= 0.6 is 0 Å². The first-order valence-electron chi connectivity index (χ1n) is 8.19. The summed E-state index contributed by atoms with van der Waals surface area (Å²) in [5.74, 6) is 1.46. The normalized spacial score (nSPS) is 26.3. The Kier molecular flexibility index (Phi) is 3.59. The number of anilines is 1. The zero-order valence-corrected chi connectivity index (χ0v) is 13.4. The number of fused-ring (bicyclic) bond motifs is 1. The molecule has 0 spiro atoms. The number of aromatic nitrogens is 4. The molecule has 0 radical (unpaired) electrons. The number of nitrogens with zero attached hydrogens (tertiary/aromatic N) is 5. The fourth-order valence-corrected chi connectivity index (χ4v) is 3.92. The molecule has 2 fully saturated rings. The van der Waals surface area contributed by atoms with Gasteiger partial charge < -0.3 is 9.64 Å². The molecule has 0 bridgehead atoms. The highest BCUT2D eigenvalue weighted by Crippen LogP contribution is 2.49. The van der Waals surface area contributed by atoms with E-state index in [0.29, 0.717) is 18.5 Å². The van der Waals surface area contributed by atoms with Crippen LogP contribution in [0.3, 0.4) is 0 Å². The summed E-state index contributed by atoms with van der Waals surface area (Å²) in [5.41, 5.74) is 1.22. The average molecular weight is 311 g/mol. The molecule has 0 amide bonds. The smallest absolute Gasteiger partial charge is 0.316 e. The highest BCUT2D eigenvalue weighted by Gasteiger charge is 2.50. The fourth-order valence-electron chi connectivity index (χ4n) is 3.92. The van der Waals surface area contributed by atoms with Gasteiger partial charge in [0, 0.05) is 43.3 Å². The third kappa shape index (κ3) is 2.73. The first-order valence-corrected chi connectivity index (χ1v) is 8.19. The maximum Gasteiger partial charge on any atom is 0.316 e. The van der Waals surface area contributed by atoms with Crippen LogP contribution in [0.5, 0.6) is 6.01 Å². The monoisotopic (exact) mass is 311 g/mol. The van der Waals surface area contributed by atoms with Gasteiger partial charge in [-0.2, -0.15) is 0 Å². The lowest BCUT2D eigenvalue weighted by Gasteiger charge is -2.28. The topological polar surface area (TPSA) is 64.0 Å². The van der Waals surface area contributed by atoms with E-state index >= 15 is 0 Å². The Bertz CT molecular complexity index is 662. The van der Waals surface area contributed by atoms with Crippen molar-refractivity contribution < 1.29 is 4.74 Å². The van der Waals surface area contributed by atoms with Crippen molar-refractivity contribution in [1.82, 2.24) is 19.9 Å². The Morgan fingerprint density at radius 1 is 1.22 bits per heavy atom. The lowest BCUT2D eigenvalue weighted by molar-refractivity contribution is 0.130. The van der Waals surface area contributed by atoms with Gasteiger partial charge in [0.25, 0.3) is 0 Å². The van der Waals surface area contributed by atoms with E-state index in [1.54, 1.807) is 24.8 Å². The van der Waals surface area contributed by atoms with Gasteiger partial charge in [0.15, 0.2) is 0 Å². The molecule has 1 aliphatic carbocycles. The standard InChI is InChI=1S/C17H21N5O/c1-13-8-20-16(21-9-13)23-12-17-5-2-4-14(17)10-22(11-17)15-18-6-3-7-19-15/h3,6-9,14H,2,4-5,10-12H2,1H3. The van der Waals surface area contributed by atoms with Crippen molar-refractivity contribution >= 4 is 5.95 Å². The maximum absolute atomic E-state index is 5.94. The second kappa shape index (κ2) is 5.76. The second-order valence-electron chi connectivity index (χ2n) is 6.71. The van der Waals surface area contributed by atoms with Crippen LogP contribution in [0.2, 0.25) is 0 Å². The van der Waals surface area contributed by atoms with Gasteiger partial charge in [0.05, 0.1) is 6.61 Å². The van der Waals surface area contributed by atoms with E-state index in [2.05, 4.69) is 24.8 Å². The molecule has 1 saturated heterocycles. The quantitative estimate of drug-likeness (QED) is 0.863. The molecule has 120 valence electrons. The van der Waals surface area contributed by atoms with Gasteiger partial charge in [-0.1, -0.05) is 6.42 Å². The maximum atomic E-state index is 5.94. The van der Waals surface area contributed by atoms with Gasteiger partial charge in [-0.25, -0.2) is 19.9 Å². The highest BCUT2D eigenvalue weighted by atomic mass is 16.5. The molecule has 2 unspecified atom stereocenters.